The summed E-state index contributed by atoms with van der Waals surface area (Å²) in [5, 5.41) is 10.2. The molecule has 0 spiro atoms. The highest BCUT2D eigenvalue weighted by Gasteiger charge is 2.34. The Morgan fingerprint density at radius 3 is 2.48 bits per heavy atom. The highest BCUT2D eigenvalue weighted by molar-refractivity contribution is 5.70. The summed E-state index contributed by atoms with van der Waals surface area (Å²) in [7, 11) is 0. The van der Waals surface area contributed by atoms with Crippen molar-refractivity contribution in [1.29, 1.82) is 0 Å². The maximum Gasteiger partial charge on any atom is 0.410 e. The van der Waals surface area contributed by atoms with Gasteiger partial charge in [0.2, 0.25) is 0 Å². The predicted molar refractivity (Wildman–Crippen MR) is 106 cm³/mol. The van der Waals surface area contributed by atoms with Gasteiger partial charge in [0.05, 0.1) is 6.04 Å². The fraction of sp³-hybridized carbons (Fsp3) is 0.364. The van der Waals surface area contributed by atoms with Crippen LogP contribution in [0, 0.1) is 5.82 Å². The van der Waals surface area contributed by atoms with Gasteiger partial charge in [0.15, 0.2) is 0 Å². The number of ether oxygens (including phenoxy) is 1. The number of rotatable bonds is 2. The first-order chi connectivity index (χ1) is 14.1. The Kier molecular flexibility index (Phi) is 7.19. The molecule has 2 aliphatic heterocycles. The van der Waals surface area contributed by atoms with Crippen molar-refractivity contribution in [2.75, 3.05) is 19.6 Å². The summed E-state index contributed by atoms with van der Waals surface area (Å²) in [6.07, 6.45) is 2.18. The number of fused-ring (bicyclic) bond motifs is 1. The van der Waals surface area contributed by atoms with E-state index in [4.69, 9.17) is 14.6 Å². The minimum absolute atomic E-state index is 0.0326. The number of carbonyl (C=O) groups excluding carboxylic acids is 1. The molecule has 0 unspecified atom stereocenters. The third-order valence-electron chi connectivity index (χ3n) is 5.26. The minimum atomic E-state index is -0.277. The van der Waals surface area contributed by atoms with Gasteiger partial charge in [-0.3, -0.25) is 9.69 Å². The summed E-state index contributed by atoms with van der Waals surface area (Å²) >= 11 is 0. The number of piperidine rings is 1. The fourth-order valence-corrected chi connectivity index (χ4v) is 3.89. The molecule has 0 bridgehead atoms. The molecule has 2 aromatic rings. The summed E-state index contributed by atoms with van der Waals surface area (Å²) in [4.78, 5) is 23.1. The lowest BCUT2D eigenvalue weighted by atomic mass is 9.88. The van der Waals surface area contributed by atoms with Crippen LogP contribution in [0.3, 0.4) is 0 Å². The molecule has 4 rings (SSSR count). The zero-order valence-electron chi connectivity index (χ0n) is 16.1. The number of carbonyl (C=O) groups is 2. The normalized spacial score (nSPS) is 18.8. The Morgan fingerprint density at radius 1 is 1.14 bits per heavy atom. The molecule has 1 fully saturated rings. The lowest BCUT2D eigenvalue weighted by Gasteiger charge is -2.38. The topological polar surface area (TPSA) is 78.9 Å². The number of hydrogen-bond acceptors (Lipinski definition) is 4. The van der Waals surface area contributed by atoms with E-state index in [1.165, 1.54) is 17.7 Å². The van der Waals surface area contributed by atoms with E-state index in [0.717, 1.165) is 43.5 Å². The SMILES string of the molecule is O=C(OC1CCNCC1)N1CCc2ccccc2[C@@H]1c1ccc(F)cc1.O=CO. The van der Waals surface area contributed by atoms with Crippen molar-refractivity contribution in [1.82, 2.24) is 10.2 Å². The van der Waals surface area contributed by atoms with Gasteiger partial charge < -0.3 is 15.2 Å². The number of nitrogens with zero attached hydrogens (tertiary/aromatic N) is 1. The molecule has 29 heavy (non-hydrogen) atoms. The second-order valence-electron chi connectivity index (χ2n) is 7.03. The van der Waals surface area contributed by atoms with Crippen LogP contribution in [0.5, 0.6) is 0 Å². The molecule has 6 nitrogen and oxygen atoms in total. The summed E-state index contributed by atoms with van der Waals surface area (Å²) in [6, 6.07) is 14.3. The van der Waals surface area contributed by atoms with Gasteiger partial charge in [-0.05, 0) is 61.2 Å². The standard InChI is InChI=1S/C21H23FN2O2.CH2O2/c22-17-7-5-16(6-8-17)20-19-4-2-1-3-15(19)11-14-24(20)21(25)26-18-9-12-23-13-10-18;2-1-3/h1-8,18,20,23H,9-14H2;1H,(H,2,3)/t20-;/m0./s1. The van der Waals surface area contributed by atoms with Crippen LogP contribution >= 0.6 is 0 Å². The van der Waals surface area contributed by atoms with Gasteiger partial charge in [0.25, 0.3) is 6.47 Å². The highest BCUT2D eigenvalue weighted by atomic mass is 19.1. The van der Waals surface area contributed by atoms with Crippen LogP contribution in [-0.4, -0.2) is 48.3 Å². The molecular weight excluding hydrogens is 375 g/mol. The lowest BCUT2D eigenvalue weighted by molar-refractivity contribution is -0.122. The van der Waals surface area contributed by atoms with E-state index in [1.54, 1.807) is 17.0 Å². The molecule has 1 saturated heterocycles. The molecule has 2 aliphatic rings. The molecule has 0 radical (unpaired) electrons. The quantitative estimate of drug-likeness (QED) is 0.756. The van der Waals surface area contributed by atoms with Crippen LogP contribution in [0.25, 0.3) is 0 Å². The summed E-state index contributed by atoms with van der Waals surface area (Å²) in [6.45, 7) is 2.10. The largest absolute Gasteiger partial charge is 0.483 e. The zero-order valence-corrected chi connectivity index (χ0v) is 16.1. The first-order valence-corrected chi connectivity index (χ1v) is 9.73. The Balaban J connectivity index is 0.000000755. The van der Waals surface area contributed by atoms with E-state index < -0.39 is 0 Å². The summed E-state index contributed by atoms with van der Waals surface area (Å²) in [5.74, 6) is -0.276. The van der Waals surface area contributed by atoms with Gasteiger partial charge in [-0.15, -0.1) is 0 Å². The molecule has 2 heterocycles. The number of carboxylic acid groups (broad SMARTS) is 1. The third kappa shape index (κ3) is 5.12. The van der Waals surface area contributed by atoms with E-state index in [-0.39, 0.29) is 30.5 Å². The molecule has 0 aromatic heterocycles. The van der Waals surface area contributed by atoms with Crippen LogP contribution in [0.2, 0.25) is 0 Å². The van der Waals surface area contributed by atoms with Crippen molar-refractivity contribution < 1.29 is 23.8 Å². The first-order valence-electron chi connectivity index (χ1n) is 9.73. The van der Waals surface area contributed by atoms with Gasteiger partial charge in [0, 0.05) is 6.54 Å². The van der Waals surface area contributed by atoms with Gasteiger partial charge in [0.1, 0.15) is 11.9 Å². The molecule has 7 heteroatoms. The van der Waals surface area contributed by atoms with Gasteiger partial charge in [-0.1, -0.05) is 36.4 Å². The average molecular weight is 400 g/mol. The summed E-state index contributed by atoms with van der Waals surface area (Å²) < 4.78 is 19.2. The molecule has 1 atom stereocenters. The number of amides is 1. The minimum Gasteiger partial charge on any atom is -0.483 e. The number of nitrogens with one attached hydrogen (secondary N) is 1. The molecule has 0 saturated carbocycles. The number of hydrogen-bond donors (Lipinski definition) is 2. The number of halogens is 1. The van der Waals surface area contributed by atoms with Gasteiger partial charge >= 0.3 is 6.09 Å². The van der Waals surface area contributed by atoms with Crippen molar-refractivity contribution in [3.63, 3.8) is 0 Å². The second kappa shape index (κ2) is 10.0. The van der Waals surface area contributed by atoms with Crippen molar-refractivity contribution in [2.24, 2.45) is 0 Å². The zero-order chi connectivity index (χ0) is 20.6. The van der Waals surface area contributed by atoms with Crippen molar-refractivity contribution in [2.45, 2.75) is 31.4 Å². The monoisotopic (exact) mass is 400 g/mol. The Labute approximate surface area is 169 Å². The summed E-state index contributed by atoms with van der Waals surface area (Å²) in [5.41, 5.74) is 3.22. The third-order valence-corrected chi connectivity index (χ3v) is 5.26. The van der Waals surface area contributed by atoms with Crippen LogP contribution in [0.15, 0.2) is 48.5 Å². The van der Waals surface area contributed by atoms with Crippen LogP contribution < -0.4 is 5.32 Å². The maximum absolute atomic E-state index is 13.4. The first kappa shape index (κ1) is 20.8. The van der Waals surface area contributed by atoms with E-state index in [2.05, 4.69) is 11.4 Å². The Hall–Kier alpha value is -2.93. The highest BCUT2D eigenvalue weighted by Crippen LogP contribution is 2.35. The average Bonchev–Trinajstić information content (AvgIpc) is 2.75. The van der Waals surface area contributed by atoms with E-state index in [1.807, 2.05) is 18.2 Å². The number of benzene rings is 2. The predicted octanol–water partition coefficient (Wildman–Crippen LogP) is 3.36. The van der Waals surface area contributed by atoms with Crippen LogP contribution in [0.4, 0.5) is 9.18 Å². The lowest BCUT2D eigenvalue weighted by Crippen LogP contribution is -2.43. The van der Waals surface area contributed by atoms with Crippen LogP contribution in [0.1, 0.15) is 35.6 Å². The molecule has 1 amide bonds. The molecular formula is C22H25FN2O4. The van der Waals surface area contributed by atoms with E-state index >= 15 is 0 Å². The van der Waals surface area contributed by atoms with Gasteiger partial charge in [-0.2, -0.15) is 0 Å². The van der Waals surface area contributed by atoms with E-state index in [9.17, 15) is 9.18 Å². The van der Waals surface area contributed by atoms with Gasteiger partial charge in [-0.25, -0.2) is 9.18 Å². The molecule has 154 valence electrons. The molecule has 2 aromatic carbocycles. The Bertz CT molecular complexity index is 822. The van der Waals surface area contributed by atoms with Crippen molar-refractivity contribution in [3.05, 3.63) is 71.0 Å². The Morgan fingerprint density at radius 2 is 1.79 bits per heavy atom. The second-order valence-corrected chi connectivity index (χ2v) is 7.03. The van der Waals surface area contributed by atoms with Crippen LogP contribution in [-0.2, 0) is 16.0 Å². The van der Waals surface area contributed by atoms with Crippen molar-refractivity contribution >= 4 is 12.6 Å². The molecule has 2 N–H and O–H groups in total. The smallest absolute Gasteiger partial charge is 0.410 e. The fourth-order valence-electron chi connectivity index (χ4n) is 3.89. The maximum atomic E-state index is 13.4. The molecule has 0 aliphatic carbocycles. The van der Waals surface area contributed by atoms with E-state index in [0.29, 0.717) is 6.54 Å². The van der Waals surface area contributed by atoms with Crippen molar-refractivity contribution in [3.8, 4) is 0 Å².